The van der Waals surface area contributed by atoms with Crippen LogP contribution < -0.4 is 5.32 Å². The van der Waals surface area contributed by atoms with Crippen LogP contribution in [-0.2, 0) is 0 Å². The van der Waals surface area contributed by atoms with Crippen molar-refractivity contribution in [2.24, 2.45) is 0 Å². The minimum Gasteiger partial charge on any atom is -0.387 e. The number of nitrogens with zero attached hydrogens (tertiary/aromatic N) is 3. The molecule has 5 heteroatoms. The zero-order valence-electron chi connectivity index (χ0n) is 11.0. The summed E-state index contributed by atoms with van der Waals surface area (Å²) in [5.41, 5.74) is 4.89. The number of aromatic nitrogens is 4. The van der Waals surface area contributed by atoms with E-state index in [0.717, 1.165) is 33.6 Å². The summed E-state index contributed by atoms with van der Waals surface area (Å²) in [6.45, 7) is 0. The minimum absolute atomic E-state index is 0.912. The molecule has 0 radical (unpaired) electrons. The van der Waals surface area contributed by atoms with Crippen LogP contribution in [0.15, 0.2) is 49.1 Å². The van der Waals surface area contributed by atoms with Crippen LogP contribution in [0, 0.1) is 0 Å². The fraction of sp³-hybridized carbons (Fsp3) is 0.0667. The largest absolute Gasteiger partial charge is 0.387 e. The average Bonchev–Trinajstić information content (AvgIpc) is 3.11. The summed E-state index contributed by atoms with van der Waals surface area (Å²) in [6, 6.07) is 8.11. The number of aromatic amines is 1. The van der Waals surface area contributed by atoms with Crippen molar-refractivity contribution in [1.82, 2.24) is 19.4 Å². The van der Waals surface area contributed by atoms with E-state index in [-0.39, 0.29) is 0 Å². The summed E-state index contributed by atoms with van der Waals surface area (Å²) in [5.74, 6) is 0. The lowest BCUT2D eigenvalue weighted by atomic mass is 10.2. The van der Waals surface area contributed by atoms with Crippen LogP contribution in [0.4, 0.5) is 5.69 Å². The lowest BCUT2D eigenvalue weighted by Gasteiger charge is -2.04. The molecule has 0 saturated heterocycles. The molecule has 5 nitrogen and oxygen atoms in total. The topological polar surface area (TPSA) is 58.0 Å². The number of H-pyrrole nitrogens is 1. The van der Waals surface area contributed by atoms with E-state index in [1.807, 2.05) is 54.4 Å². The van der Waals surface area contributed by atoms with Crippen molar-refractivity contribution in [2.45, 2.75) is 0 Å². The SMILES string of the molecule is CNc1ccc2ncc(-c3cc4cc[nH]c4cn3)n2c1. The van der Waals surface area contributed by atoms with Crippen LogP contribution in [0.5, 0.6) is 0 Å². The quantitative estimate of drug-likeness (QED) is 0.584. The maximum atomic E-state index is 4.51. The number of hydrogen-bond acceptors (Lipinski definition) is 3. The molecule has 20 heavy (non-hydrogen) atoms. The van der Waals surface area contributed by atoms with Gasteiger partial charge in [-0.25, -0.2) is 4.98 Å². The maximum Gasteiger partial charge on any atom is 0.137 e. The third-order valence-corrected chi connectivity index (χ3v) is 3.49. The molecule has 0 aliphatic heterocycles. The fourth-order valence-electron chi connectivity index (χ4n) is 2.41. The summed E-state index contributed by atoms with van der Waals surface area (Å²) in [4.78, 5) is 12.1. The lowest BCUT2D eigenvalue weighted by molar-refractivity contribution is 1.17. The second kappa shape index (κ2) is 4.09. The number of fused-ring (bicyclic) bond motifs is 2. The lowest BCUT2D eigenvalue weighted by Crippen LogP contribution is -1.94. The Morgan fingerprint density at radius 2 is 2.10 bits per heavy atom. The van der Waals surface area contributed by atoms with Gasteiger partial charge in [0.25, 0.3) is 0 Å². The first kappa shape index (κ1) is 11.0. The van der Waals surface area contributed by atoms with Crippen LogP contribution in [-0.4, -0.2) is 26.4 Å². The van der Waals surface area contributed by atoms with E-state index in [2.05, 4.69) is 26.3 Å². The fourth-order valence-corrected chi connectivity index (χ4v) is 2.41. The molecule has 98 valence electrons. The van der Waals surface area contributed by atoms with Gasteiger partial charge in [-0.05, 0) is 24.3 Å². The van der Waals surface area contributed by atoms with Crippen LogP contribution in [0.1, 0.15) is 0 Å². The van der Waals surface area contributed by atoms with Crippen LogP contribution in [0.25, 0.3) is 27.9 Å². The van der Waals surface area contributed by atoms with Gasteiger partial charge in [0.2, 0.25) is 0 Å². The summed E-state index contributed by atoms with van der Waals surface area (Å²) in [7, 11) is 1.90. The van der Waals surface area contributed by atoms with E-state index in [4.69, 9.17) is 0 Å². The Balaban J connectivity index is 1.96. The Morgan fingerprint density at radius 3 is 3.00 bits per heavy atom. The molecule has 4 aromatic heterocycles. The molecule has 0 fully saturated rings. The Hall–Kier alpha value is -2.82. The summed E-state index contributed by atoms with van der Waals surface area (Å²) < 4.78 is 2.05. The Kier molecular flexibility index (Phi) is 2.26. The molecule has 0 aliphatic carbocycles. The minimum atomic E-state index is 0.912. The molecule has 4 rings (SSSR count). The molecule has 0 unspecified atom stereocenters. The standard InChI is InChI=1S/C15H13N5/c1-16-11-2-3-15-19-8-14(20(15)9-11)12-6-10-4-5-17-13(10)7-18-12/h2-9,16-17H,1H3. The molecule has 0 spiro atoms. The summed E-state index contributed by atoms with van der Waals surface area (Å²) in [6.07, 6.45) is 7.66. The number of hydrogen-bond donors (Lipinski definition) is 2. The zero-order valence-corrected chi connectivity index (χ0v) is 11.0. The van der Waals surface area contributed by atoms with Gasteiger partial charge in [0.05, 0.1) is 35.0 Å². The molecule has 2 N–H and O–H groups in total. The third-order valence-electron chi connectivity index (χ3n) is 3.49. The molecule has 0 bridgehead atoms. The van der Waals surface area contributed by atoms with E-state index in [1.54, 1.807) is 0 Å². The van der Waals surface area contributed by atoms with Gasteiger partial charge < -0.3 is 10.3 Å². The predicted molar refractivity (Wildman–Crippen MR) is 79.8 cm³/mol. The van der Waals surface area contributed by atoms with Crippen molar-refractivity contribution in [3.8, 4) is 11.4 Å². The van der Waals surface area contributed by atoms with E-state index in [1.165, 1.54) is 0 Å². The highest BCUT2D eigenvalue weighted by Crippen LogP contribution is 2.23. The number of anilines is 1. The van der Waals surface area contributed by atoms with Crippen LogP contribution >= 0.6 is 0 Å². The van der Waals surface area contributed by atoms with Crippen molar-refractivity contribution in [1.29, 1.82) is 0 Å². The number of pyridine rings is 2. The van der Waals surface area contributed by atoms with E-state index < -0.39 is 0 Å². The molecular formula is C15H13N5. The Labute approximate surface area is 115 Å². The van der Waals surface area contributed by atoms with Gasteiger partial charge in [0.15, 0.2) is 0 Å². The number of rotatable bonds is 2. The zero-order chi connectivity index (χ0) is 13.5. The molecule has 4 heterocycles. The van der Waals surface area contributed by atoms with Gasteiger partial charge in [-0.3, -0.25) is 9.38 Å². The highest BCUT2D eigenvalue weighted by molar-refractivity contribution is 5.82. The molecular weight excluding hydrogens is 250 g/mol. The first-order chi connectivity index (χ1) is 9.85. The third kappa shape index (κ3) is 1.56. The van der Waals surface area contributed by atoms with Gasteiger partial charge in [-0.2, -0.15) is 0 Å². The molecule has 0 atom stereocenters. The van der Waals surface area contributed by atoms with E-state index in [9.17, 15) is 0 Å². The molecule has 0 amide bonds. The van der Waals surface area contributed by atoms with Crippen molar-refractivity contribution >= 4 is 22.2 Å². The maximum absolute atomic E-state index is 4.51. The molecule has 0 aliphatic rings. The van der Waals surface area contributed by atoms with Crippen molar-refractivity contribution in [3.05, 3.63) is 49.1 Å². The second-order valence-corrected chi connectivity index (χ2v) is 4.67. The monoisotopic (exact) mass is 263 g/mol. The van der Waals surface area contributed by atoms with Crippen molar-refractivity contribution < 1.29 is 0 Å². The molecule has 0 saturated carbocycles. The van der Waals surface area contributed by atoms with E-state index >= 15 is 0 Å². The van der Waals surface area contributed by atoms with Gasteiger partial charge in [-0.1, -0.05) is 0 Å². The average molecular weight is 263 g/mol. The van der Waals surface area contributed by atoms with Gasteiger partial charge >= 0.3 is 0 Å². The molecule has 0 aromatic carbocycles. The van der Waals surface area contributed by atoms with E-state index in [0.29, 0.717) is 0 Å². The highest BCUT2D eigenvalue weighted by atomic mass is 15.0. The van der Waals surface area contributed by atoms with Gasteiger partial charge in [-0.15, -0.1) is 0 Å². The highest BCUT2D eigenvalue weighted by Gasteiger charge is 2.08. The van der Waals surface area contributed by atoms with Gasteiger partial charge in [0.1, 0.15) is 5.65 Å². The Morgan fingerprint density at radius 1 is 1.15 bits per heavy atom. The first-order valence-electron chi connectivity index (χ1n) is 6.43. The summed E-state index contributed by atoms with van der Waals surface area (Å²) in [5, 5.41) is 4.29. The first-order valence-corrected chi connectivity index (χ1v) is 6.43. The second-order valence-electron chi connectivity index (χ2n) is 4.67. The number of imidazole rings is 1. The van der Waals surface area contributed by atoms with Crippen molar-refractivity contribution in [2.75, 3.05) is 12.4 Å². The van der Waals surface area contributed by atoms with Crippen LogP contribution in [0.2, 0.25) is 0 Å². The Bertz CT molecular complexity index is 903. The van der Waals surface area contributed by atoms with Crippen LogP contribution in [0.3, 0.4) is 0 Å². The van der Waals surface area contributed by atoms with Gasteiger partial charge in [0, 0.05) is 24.8 Å². The summed E-state index contributed by atoms with van der Waals surface area (Å²) >= 11 is 0. The predicted octanol–water partition coefficient (Wildman–Crippen LogP) is 2.92. The normalized spacial score (nSPS) is 11.2. The van der Waals surface area contributed by atoms with Crippen molar-refractivity contribution in [3.63, 3.8) is 0 Å². The molecule has 4 aromatic rings. The smallest absolute Gasteiger partial charge is 0.137 e. The number of nitrogens with one attached hydrogen (secondary N) is 2.